The smallest absolute Gasteiger partial charge is 0.303 e. The van der Waals surface area contributed by atoms with E-state index >= 15 is 0 Å². The number of hydrogen-bond donors (Lipinski definition) is 2. The Morgan fingerprint density at radius 2 is 1.68 bits per heavy atom. The van der Waals surface area contributed by atoms with Crippen LogP contribution >= 0.6 is 0 Å². The number of aromatic nitrogens is 2. The van der Waals surface area contributed by atoms with Gasteiger partial charge in [-0.3, -0.25) is 19.6 Å². The average molecular weight is 501 g/mol. The Bertz CT molecular complexity index is 1640. The van der Waals surface area contributed by atoms with Gasteiger partial charge in [0.25, 0.3) is 11.5 Å². The maximum atomic E-state index is 14.1. The molecule has 2 N–H and O–H groups in total. The van der Waals surface area contributed by atoms with E-state index in [1.54, 1.807) is 0 Å². The number of nitrogens with one attached hydrogen (secondary N) is 2. The van der Waals surface area contributed by atoms with E-state index in [1.807, 2.05) is 62.4 Å². The Labute approximate surface area is 210 Å². The Kier molecular flexibility index (Phi) is 6.04. The minimum absolute atomic E-state index is 0.0185. The number of carbonyl (C=O) groups is 2. The van der Waals surface area contributed by atoms with Gasteiger partial charge in [-0.05, 0) is 43.2 Å². The summed E-state index contributed by atoms with van der Waals surface area (Å²) in [5.74, 6) is -2.36. The lowest BCUT2D eigenvalue weighted by atomic mass is 10.1. The highest BCUT2D eigenvalue weighted by Crippen LogP contribution is 2.26. The second-order valence-electron chi connectivity index (χ2n) is 8.74. The molecular formula is C28H22F2N4O3. The maximum absolute atomic E-state index is 14.1. The van der Waals surface area contributed by atoms with Crippen molar-refractivity contribution in [3.8, 4) is 16.9 Å². The highest BCUT2D eigenvalue weighted by atomic mass is 19.1. The lowest BCUT2D eigenvalue weighted by Crippen LogP contribution is -2.30. The summed E-state index contributed by atoms with van der Waals surface area (Å²) < 4.78 is 28.8. The topological polar surface area (TPSA) is 87.2 Å². The van der Waals surface area contributed by atoms with E-state index in [0.29, 0.717) is 23.0 Å². The molecule has 0 atom stereocenters. The van der Waals surface area contributed by atoms with E-state index in [0.717, 1.165) is 22.1 Å². The summed E-state index contributed by atoms with van der Waals surface area (Å²) in [4.78, 5) is 40.1. The van der Waals surface area contributed by atoms with Crippen LogP contribution in [0.5, 0.6) is 0 Å². The lowest BCUT2D eigenvalue weighted by Gasteiger charge is -2.12. The Hall–Kier alpha value is -4.79. The molecule has 9 heteroatoms. The summed E-state index contributed by atoms with van der Waals surface area (Å²) in [5.41, 5.74) is 3.34. The standard InChI is InChI=1S/C28H22F2N4O3/c1-16-7-6-10-24(17(16)2)34-26(35)21(25(32-34)18-8-4-3-5-9-18)14-23-27(36)33(28(37)31-23)15-19-11-12-20(29)13-22(19)30/h3-14,32H,15H2,1-2H3,(H,31,37). The highest BCUT2D eigenvalue weighted by Gasteiger charge is 2.35. The van der Waals surface area contributed by atoms with Crippen LogP contribution in [0.2, 0.25) is 0 Å². The third kappa shape index (κ3) is 4.35. The summed E-state index contributed by atoms with van der Waals surface area (Å²) >= 11 is 0. The Morgan fingerprint density at radius 3 is 2.41 bits per heavy atom. The van der Waals surface area contributed by atoms with E-state index in [9.17, 15) is 23.2 Å². The zero-order valence-corrected chi connectivity index (χ0v) is 20.0. The number of aromatic amines is 1. The fraction of sp³-hybridized carbons (Fsp3) is 0.107. The molecule has 1 aliphatic rings. The fourth-order valence-corrected chi connectivity index (χ4v) is 4.24. The number of benzene rings is 3. The van der Waals surface area contributed by atoms with Crippen molar-refractivity contribution in [3.05, 3.63) is 117 Å². The van der Waals surface area contributed by atoms with Crippen molar-refractivity contribution in [2.45, 2.75) is 20.4 Å². The number of nitrogens with zero attached hydrogens (tertiary/aromatic N) is 2. The molecule has 0 radical (unpaired) electrons. The predicted molar refractivity (Wildman–Crippen MR) is 135 cm³/mol. The molecular weight excluding hydrogens is 478 g/mol. The van der Waals surface area contributed by atoms with Gasteiger partial charge in [0.1, 0.15) is 17.3 Å². The van der Waals surface area contributed by atoms with Gasteiger partial charge >= 0.3 is 6.03 Å². The number of rotatable bonds is 5. The quantitative estimate of drug-likeness (QED) is 0.304. The molecule has 0 unspecified atom stereocenters. The fourth-order valence-electron chi connectivity index (χ4n) is 4.24. The molecule has 2 heterocycles. The number of imide groups is 1. The van der Waals surface area contributed by atoms with E-state index < -0.39 is 29.1 Å². The van der Waals surface area contributed by atoms with Crippen LogP contribution in [-0.4, -0.2) is 26.6 Å². The Balaban J connectivity index is 1.59. The number of hydrogen-bond acceptors (Lipinski definition) is 3. The molecule has 1 aromatic heterocycles. The molecule has 1 aliphatic heterocycles. The van der Waals surface area contributed by atoms with Crippen molar-refractivity contribution in [3.63, 3.8) is 0 Å². The van der Waals surface area contributed by atoms with Gasteiger partial charge in [-0.15, -0.1) is 0 Å². The number of carbonyl (C=O) groups excluding carboxylic acids is 2. The molecule has 3 amide bonds. The number of H-pyrrole nitrogens is 1. The van der Waals surface area contributed by atoms with E-state index in [4.69, 9.17) is 0 Å². The van der Waals surface area contributed by atoms with Gasteiger partial charge < -0.3 is 5.32 Å². The third-order valence-corrected chi connectivity index (χ3v) is 6.40. The summed E-state index contributed by atoms with van der Waals surface area (Å²) in [6, 6.07) is 16.9. The van der Waals surface area contributed by atoms with Crippen LogP contribution in [0.25, 0.3) is 23.0 Å². The normalized spacial score (nSPS) is 14.5. The van der Waals surface area contributed by atoms with Crippen molar-refractivity contribution in [2.75, 3.05) is 0 Å². The van der Waals surface area contributed by atoms with Crippen LogP contribution in [-0.2, 0) is 11.3 Å². The minimum atomic E-state index is -0.869. The van der Waals surface area contributed by atoms with E-state index in [-0.39, 0.29) is 23.4 Å². The molecule has 1 fully saturated rings. The van der Waals surface area contributed by atoms with Gasteiger partial charge in [-0.25, -0.2) is 18.3 Å². The van der Waals surface area contributed by atoms with Crippen LogP contribution in [0, 0.1) is 25.5 Å². The van der Waals surface area contributed by atoms with E-state index in [1.165, 1.54) is 16.8 Å². The number of urea groups is 1. The monoisotopic (exact) mass is 500 g/mol. The second-order valence-corrected chi connectivity index (χ2v) is 8.74. The summed E-state index contributed by atoms with van der Waals surface area (Å²) in [7, 11) is 0. The zero-order chi connectivity index (χ0) is 26.3. The van der Waals surface area contributed by atoms with Gasteiger partial charge in [-0.1, -0.05) is 48.5 Å². The average Bonchev–Trinajstić information content (AvgIpc) is 3.34. The van der Waals surface area contributed by atoms with Gasteiger partial charge in [0.05, 0.1) is 23.5 Å². The Morgan fingerprint density at radius 1 is 0.919 bits per heavy atom. The molecule has 37 heavy (non-hydrogen) atoms. The molecule has 0 spiro atoms. The number of amides is 3. The molecule has 186 valence electrons. The van der Waals surface area contributed by atoms with Crippen LogP contribution in [0.4, 0.5) is 13.6 Å². The SMILES string of the molecule is Cc1cccc(-n2[nH]c(-c3ccccc3)c(C=C3NC(=O)N(Cc4ccc(F)cc4F)C3=O)c2=O)c1C. The first-order valence-corrected chi connectivity index (χ1v) is 11.5. The largest absolute Gasteiger partial charge is 0.329 e. The predicted octanol–water partition coefficient (Wildman–Crippen LogP) is 4.82. The van der Waals surface area contributed by atoms with E-state index in [2.05, 4.69) is 10.4 Å². The first-order chi connectivity index (χ1) is 17.7. The van der Waals surface area contributed by atoms with Crippen LogP contribution < -0.4 is 10.9 Å². The molecule has 1 saturated heterocycles. The van der Waals surface area contributed by atoms with Crippen molar-refractivity contribution < 1.29 is 18.4 Å². The molecule has 0 aliphatic carbocycles. The lowest BCUT2D eigenvalue weighted by molar-refractivity contribution is -0.123. The molecule has 0 bridgehead atoms. The third-order valence-electron chi connectivity index (χ3n) is 6.40. The van der Waals surface area contributed by atoms with Crippen LogP contribution in [0.1, 0.15) is 22.3 Å². The van der Waals surface area contributed by atoms with Gasteiger partial charge in [0.15, 0.2) is 0 Å². The number of halogens is 2. The van der Waals surface area contributed by atoms with Crippen LogP contribution in [0.15, 0.2) is 77.2 Å². The van der Waals surface area contributed by atoms with Gasteiger partial charge in [0, 0.05) is 17.2 Å². The number of aryl methyl sites for hydroxylation is 1. The summed E-state index contributed by atoms with van der Waals surface area (Å²) in [5, 5.41) is 5.62. The summed E-state index contributed by atoms with van der Waals surface area (Å²) in [6.07, 6.45) is 1.32. The first kappa shape index (κ1) is 23.9. The van der Waals surface area contributed by atoms with Crippen molar-refractivity contribution in [1.29, 1.82) is 0 Å². The van der Waals surface area contributed by atoms with Crippen molar-refractivity contribution >= 4 is 18.0 Å². The van der Waals surface area contributed by atoms with Crippen LogP contribution in [0.3, 0.4) is 0 Å². The van der Waals surface area contributed by atoms with Crippen molar-refractivity contribution in [1.82, 2.24) is 20.0 Å². The molecule has 4 aromatic rings. The summed E-state index contributed by atoms with van der Waals surface area (Å²) in [6.45, 7) is 3.46. The van der Waals surface area contributed by atoms with Gasteiger partial charge in [-0.2, -0.15) is 0 Å². The first-order valence-electron chi connectivity index (χ1n) is 11.5. The second kappa shape index (κ2) is 9.34. The van der Waals surface area contributed by atoms with Gasteiger partial charge in [0.2, 0.25) is 0 Å². The minimum Gasteiger partial charge on any atom is -0.303 e. The van der Waals surface area contributed by atoms with Crippen molar-refractivity contribution in [2.24, 2.45) is 0 Å². The maximum Gasteiger partial charge on any atom is 0.329 e. The molecule has 7 nitrogen and oxygen atoms in total. The molecule has 3 aromatic carbocycles. The molecule has 0 saturated carbocycles. The zero-order valence-electron chi connectivity index (χ0n) is 20.0. The highest BCUT2D eigenvalue weighted by molar-refractivity contribution is 6.14. The molecule has 5 rings (SSSR count).